The van der Waals surface area contributed by atoms with Crippen LogP contribution in [0.5, 0.6) is 0 Å². The molecular weight excluding hydrogens is 346 g/mol. The summed E-state index contributed by atoms with van der Waals surface area (Å²) in [5, 5.41) is 6.87. The monoisotopic (exact) mass is 364 g/mol. The maximum Gasteiger partial charge on any atom is 0.191 e. The molecule has 1 fully saturated rings. The third-order valence-electron chi connectivity index (χ3n) is 4.20. The zero-order chi connectivity index (χ0) is 17.8. The molecule has 4 nitrogen and oxygen atoms in total. The van der Waals surface area contributed by atoms with Gasteiger partial charge in [-0.3, -0.25) is 4.99 Å². The molecule has 0 bridgehead atoms. The van der Waals surface area contributed by atoms with Gasteiger partial charge in [0.1, 0.15) is 16.8 Å². The molecule has 3 rings (SSSR count). The van der Waals surface area contributed by atoms with Crippen molar-refractivity contribution in [3.05, 3.63) is 64.4 Å². The first-order valence-corrected chi connectivity index (χ1v) is 8.48. The molecule has 1 aromatic heterocycles. The van der Waals surface area contributed by atoms with Crippen LogP contribution in [-0.4, -0.2) is 30.6 Å². The summed E-state index contributed by atoms with van der Waals surface area (Å²) < 4.78 is 27.6. The first-order valence-electron chi connectivity index (χ1n) is 8.10. The van der Waals surface area contributed by atoms with E-state index in [0.717, 1.165) is 12.0 Å². The van der Waals surface area contributed by atoms with E-state index < -0.39 is 11.6 Å². The van der Waals surface area contributed by atoms with Crippen LogP contribution in [-0.2, 0) is 6.42 Å². The van der Waals surface area contributed by atoms with Crippen LogP contribution < -0.4 is 10.6 Å². The minimum atomic E-state index is -0.493. The molecule has 0 saturated heterocycles. The van der Waals surface area contributed by atoms with Gasteiger partial charge in [-0.2, -0.15) is 0 Å². The van der Waals surface area contributed by atoms with E-state index in [1.165, 1.54) is 18.2 Å². The molecular formula is C18H19ClF2N4. The minimum absolute atomic E-state index is 0.0187. The van der Waals surface area contributed by atoms with E-state index in [0.29, 0.717) is 24.1 Å². The Morgan fingerprint density at radius 3 is 2.68 bits per heavy atom. The standard InChI is InChI=1S/C18H19ClF2N4/c1-22-18(23-8-7-11-5-6-16(19)24-10-11)25-15-9-12(15)17-13(20)3-2-4-14(17)21/h2-6,10,12,15H,7-9H2,1H3,(H2,22,23,25). The second-order valence-corrected chi connectivity index (χ2v) is 6.35. The summed E-state index contributed by atoms with van der Waals surface area (Å²) in [6.07, 6.45) is 3.18. The van der Waals surface area contributed by atoms with Gasteiger partial charge in [-0.05, 0) is 36.6 Å². The van der Waals surface area contributed by atoms with Crippen molar-refractivity contribution in [1.29, 1.82) is 0 Å². The lowest BCUT2D eigenvalue weighted by Gasteiger charge is -2.12. The maximum atomic E-state index is 13.8. The molecule has 0 radical (unpaired) electrons. The summed E-state index contributed by atoms with van der Waals surface area (Å²) in [6, 6.07) is 7.62. The van der Waals surface area contributed by atoms with Crippen molar-refractivity contribution >= 4 is 17.6 Å². The lowest BCUT2D eigenvalue weighted by molar-refractivity contribution is 0.553. The Labute approximate surface area is 150 Å². The highest BCUT2D eigenvalue weighted by molar-refractivity contribution is 6.29. The number of pyridine rings is 1. The van der Waals surface area contributed by atoms with Gasteiger partial charge in [-0.15, -0.1) is 0 Å². The molecule has 2 aromatic rings. The van der Waals surface area contributed by atoms with Crippen molar-refractivity contribution in [1.82, 2.24) is 15.6 Å². The molecule has 1 aromatic carbocycles. The Bertz CT molecular complexity index is 744. The van der Waals surface area contributed by atoms with E-state index in [-0.39, 0.29) is 17.5 Å². The van der Waals surface area contributed by atoms with Crippen LogP contribution in [0, 0.1) is 11.6 Å². The lowest BCUT2D eigenvalue weighted by Crippen LogP contribution is -2.40. The van der Waals surface area contributed by atoms with Crippen molar-refractivity contribution in [3.63, 3.8) is 0 Å². The molecule has 0 spiro atoms. The van der Waals surface area contributed by atoms with E-state index in [2.05, 4.69) is 20.6 Å². The van der Waals surface area contributed by atoms with Gasteiger partial charge in [-0.1, -0.05) is 23.7 Å². The second kappa shape index (κ2) is 7.78. The highest BCUT2D eigenvalue weighted by Crippen LogP contribution is 2.42. The number of nitrogens with zero attached hydrogens (tertiary/aromatic N) is 2. The molecule has 2 unspecified atom stereocenters. The summed E-state index contributed by atoms with van der Waals surface area (Å²) in [5.74, 6) is -0.536. The first-order chi connectivity index (χ1) is 12.1. The van der Waals surface area contributed by atoms with Crippen LogP contribution in [0.25, 0.3) is 0 Å². The van der Waals surface area contributed by atoms with Crippen LogP contribution in [0.2, 0.25) is 5.15 Å². The van der Waals surface area contributed by atoms with Gasteiger partial charge in [0.15, 0.2) is 5.96 Å². The van der Waals surface area contributed by atoms with Crippen LogP contribution >= 0.6 is 11.6 Å². The molecule has 1 aliphatic carbocycles. The van der Waals surface area contributed by atoms with Gasteiger partial charge < -0.3 is 10.6 Å². The number of nitrogens with one attached hydrogen (secondary N) is 2. The van der Waals surface area contributed by atoms with Crippen molar-refractivity contribution < 1.29 is 8.78 Å². The number of hydrogen-bond donors (Lipinski definition) is 2. The van der Waals surface area contributed by atoms with Crippen molar-refractivity contribution in [2.45, 2.75) is 24.8 Å². The summed E-state index contributed by atoms with van der Waals surface area (Å²) in [4.78, 5) is 8.19. The Morgan fingerprint density at radius 1 is 1.28 bits per heavy atom. The maximum absolute atomic E-state index is 13.8. The molecule has 1 heterocycles. The van der Waals surface area contributed by atoms with Crippen LogP contribution in [0.3, 0.4) is 0 Å². The molecule has 7 heteroatoms. The SMILES string of the molecule is CN=C(NCCc1ccc(Cl)nc1)NC1CC1c1c(F)cccc1F. The van der Waals surface area contributed by atoms with Gasteiger partial charge in [-0.25, -0.2) is 13.8 Å². The predicted molar refractivity (Wildman–Crippen MR) is 95.0 cm³/mol. The normalized spacial score (nSPS) is 19.6. The number of halogens is 3. The second-order valence-electron chi connectivity index (χ2n) is 5.97. The van der Waals surface area contributed by atoms with E-state index in [1.54, 1.807) is 19.3 Å². The average Bonchev–Trinajstić information content (AvgIpc) is 3.34. The zero-order valence-electron chi connectivity index (χ0n) is 13.8. The van der Waals surface area contributed by atoms with Gasteiger partial charge in [0.2, 0.25) is 0 Å². The highest BCUT2D eigenvalue weighted by atomic mass is 35.5. The van der Waals surface area contributed by atoms with Crippen molar-refractivity contribution in [2.75, 3.05) is 13.6 Å². The molecule has 0 amide bonds. The molecule has 0 aliphatic heterocycles. The highest BCUT2D eigenvalue weighted by Gasteiger charge is 2.42. The molecule has 1 aliphatic rings. The fourth-order valence-corrected chi connectivity index (χ4v) is 2.90. The third kappa shape index (κ3) is 4.45. The number of hydrogen-bond acceptors (Lipinski definition) is 2. The largest absolute Gasteiger partial charge is 0.356 e. The molecule has 2 atom stereocenters. The van der Waals surface area contributed by atoms with Crippen LogP contribution in [0.1, 0.15) is 23.5 Å². The van der Waals surface area contributed by atoms with Gasteiger partial charge >= 0.3 is 0 Å². The number of aromatic nitrogens is 1. The third-order valence-corrected chi connectivity index (χ3v) is 4.43. The number of guanidine groups is 1. The topological polar surface area (TPSA) is 49.3 Å². The molecule has 1 saturated carbocycles. The van der Waals surface area contributed by atoms with Gasteiger partial charge in [0.05, 0.1) is 0 Å². The lowest BCUT2D eigenvalue weighted by atomic mass is 10.1. The summed E-state index contributed by atoms with van der Waals surface area (Å²) in [5.41, 5.74) is 1.22. The number of aliphatic imine (C=N–C) groups is 1. The minimum Gasteiger partial charge on any atom is -0.356 e. The molecule has 25 heavy (non-hydrogen) atoms. The summed E-state index contributed by atoms with van der Waals surface area (Å²) in [7, 11) is 1.67. The quantitative estimate of drug-likeness (QED) is 0.486. The first kappa shape index (κ1) is 17.6. The molecule has 2 N–H and O–H groups in total. The van der Waals surface area contributed by atoms with Crippen molar-refractivity contribution in [2.24, 2.45) is 4.99 Å². The smallest absolute Gasteiger partial charge is 0.191 e. The van der Waals surface area contributed by atoms with Crippen molar-refractivity contribution in [3.8, 4) is 0 Å². The predicted octanol–water partition coefficient (Wildman–Crippen LogP) is 3.28. The van der Waals surface area contributed by atoms with E-state index in [1.807, 2.05) is 6.07 Å². The fourth-order valence-electron chi connectivity index (χ4n) is 2.79. The summed E-state index contributed by atoms with van der Waals surface area (Å²) >= 11 is 5.76. The Hall–Kier alpha value is -2.21. The van der Waals surface area contributed by atoms with Crippen LogP contribution in [0.4, 0.5) is 8.78 Å². The number of rotatable bonds is 5. The van der Waals surface area contributed by atoms with Gasteiger partial charge in [0.25, 0.3) is 0 Å². The van der Waals surface area contributed by atoms with E-state index in [9.17, 15) is 8.78 Å². The zero-order valence-corrected chi connectivity index (χ0v) is 14.5. The van der Waals surface area contributed by atoms with Gasteiger partial charge in [0, 0.05) is 37.3 Å². The molecule has 132 valence electrons. The van der Waals surface area contributed by atoms with E-state index >= 15 is 0 Å². The van der Waals surface area contributed by atoms with E-state index in [4.69, 9.17) is 11.6 Å². The fraction of sp³-hybridized carbons (Fsp3) is 0.333. The summed E-state index contributed by atoms with van der Waals surface area (Å²) in [6.45, 7) is 0.661. The Kier molecular flexibility index (Phi) is 5.48. The van der Waals surface area contributed by atoms with Crippen LogP contribution in [0.15, 0.2) is 41.5 Å². The average molecular weight is 365 g/mol. The Morgan fingerprint density at radius 2 is 2.04 bits per heavy atom. The Balaban J connectivity index is 1.50. The number of benzene rings is 1.